The molecular weight excluding hydrogens is 368 g/mol. The van der Waals surface area contributed by atoms with Crippen LogP contribution in [0.5, 0.6) is 0 Å². The van der Waals surface area contributed by atoms with Gasteiger partial charge in [0.25, 0.3) is 11.7 Å². The van der Waals surface area contributed by atoms with E-state index in [1.807, 2.05) is 32.0 Å². The summed E-state index contributed by atoms with van der Waals surface area (Å²) in [6.45, 7) is 3.88. The summed E-state index contributed by atoms with van der Waals surface area (Å²) < 4.78 is 5.38. The van der Waals surface area contributed by atoms with E-state index in [-0.39, 0.29) is 17.9 Å². The predicted octanol–water partition coefficient (Wildman–Crippen LogP) is 3.91. The van der Waals surface area contributed by atoms with Gasteiger partial charge in [-0.05, 0) is 55.3 Å². The van der Waals surface area contributed by atoms with Gasteiger partial charge in [0.1, 0.15) is 11.5 Å². The van der Waals surface area contributed by atoms with Crippen molar-refractivity contribution in [2.75, 3.05) is 0 Å². The van der Waals surface area contributed by atoms with Crippen LogP contribution >= 0.6 is 0 Å². The lowest BCUT2D eigenvalue weighted by molar-refractivity contribution is -0.140. The van der Waals surface area contributed by atoms with Crippen LogP contribution in [0.4, 0.5) is 0 Å². The number of aromatic nitrogens is 1. The molecule has 0 radical (unpaired) electrons. The molecule has 1 unspecified atom stereocenters. The Bertz CT molecular complexity index is 1100. The van der Waals surface area contributed by atoms with Gasteiger partial charge in [-0.3, -0.25) is 14.6 Å². The Morgan fingerprint density at radius 1 is 1.14 bits per heavy atom. The van der Waals surface area contributed by atoms with Gasteiger partial charge in [-0.2, -0.15) is 0 Å². The van der Waals surface area contributed by atoms with E-state index in [0.29, 0.717) is 16.9 Å². The Morgan fingerprint density at radius 3 is 2.59 bits per heavy atom. The maximum absolute atomic E-state index is 13.0. The first-order valence-electron chi connectivity index (χ1n) is 9.25. The van der Waals surface area contributed by atoms with E-state index in [2.05, 4.69) is 4.98 Å². The summed E-state index contributed by atoms with van der Waals surface area (Å²) in [5, 5.41) is 11.1. The molecule has 2 aromatic heterocycles. The number of likely N-dealkylation sites (tertiary alicyclic amines) is 1. The van der Waals surface area contributed by atoms with Crippen molar-refractivity contribution in [2.24, 2.45) is 0 Å². The third-order valence-corrected chi connectivity index (χ3v) is 5.12. The second-order valence-corrected chi connectivity index (χ2v) is 7.11. The van der Waals surface area contributed by atoms with Crippen LogP contribution in [0.25, 0.3) is 5.76 Å². The number of nitrogens with zero attached hydrogens (tertiary/aromatic N) is 2. The molecule has 0 spiro atoms. The van der Waals surface area contributed by atoms with Crippen LogP contribution in [0.2, 0.25) is 0 Å². The fourth-order valence-electron chi connectivity index (χ4n) is 3.64. The summed E-state index contributed by atoms with van der Waals surface area (Å²) in [7, 11) is 0. The van der Waals surface area contributed by atoms with Gasteiger partial charge in [0.05, 0.1) is 24.4 Å². The number of aliphatic hydroxyl groups is 1. The Balaban J connectivity index is 1.90. The highest BCUT2D eigenvalue weighted by Crippen LogP contribution is 2.40. The van der Waals surface area contributed by atoms with Crippen LogP contribution in [0, 0.1) is 13.8 Å². The molecule has 4 rings (SSSR count). The number of furan rings is 1. The zero-order chi connectivity index (χ0) is 20.5. The molecule has 1 N–H and O–H groups in total. The van der Waals surface area contributed by atoms with Crippen molar-refractivity contribution in [3.8, 4) is 0 Å². The standard InChI is InChI=1S/C23H20N2O4/c1-14-5-6-15(2)18(12-14)21(26)19-20(16-7-9-24-10-8-16)25(23(28)22(19)27)13-17-4-3-11-29-17/h3-12,20,26H,13H2,1-2H3/b21-19+. The van der Waals surface area contributed by atoms with Gasteiger partial charge in [0.2, 0.25) is 0 Å². The number of hydrogen-bond acceptors (Lipinski definition) is 5. The van der Waals surface area contributed by atoms with Crippen molar-refractivity contribution in [2.45, 2.75) is 26.4 Å². The molecule has 3 aromatic rings. The number of hydrogen-bond donors (Lipinski definition) is 1. The van der Waals surface area contributed by atoms with Crippen molar-refractivity contribution in [3.63, 3.8) is 0 Å². The summed E-state index contributed by atoms with van der Waals surface area (Å²) in [5.41, 5.74) is 3.07. The van der Waals surface area contributed by atoms with E-state index in [4.69, 9.17) is 4.42 Å². The highest BCUT2D eigenvalue weighted by atomic mass is 16.3. The molecular formula is C23H20N2O4. The molecule has 1 atom stereocenters. The van der Waals surface area contributed by atoms with Gasteiger partial charge in [-0.25, -0.2) is 0 Å². The number of pyridine rings is 1. The second kappa shape index (κ2) is 7.39. The normalized spacial score (nSPS) is 18.4. The summed E-state index contributed by atoms with van der Waals surface area (Å²) >= 11 is 0. The number of carbonyl (C=O) groups excluding carboxylic acids is 2. The van der Waals surface area contributed by atoms with E-state index < -0.39 is 17.7 Å². The zero-order valence-electron chi connectivity index (χ0n) is 16.1. The highest BCUT2D eigenvalue weighted by molar-refractivity contribution is 6.46. The molecule has 1 aromatic carbocycles. The Labute approximate surface area is 168 Å². The molecule has 1 amide bonds. The number of aryl methyl sites for hydroxylation is 2. The topological polar surface area (TPSA) is 83.6 Å². The molecule has 1 aliphatic rings. The Morgan fingerprint density at radius 2 is 1.90 bits per heavy atom. The molecule has 0 aliphatic carbocycles. The number of rotatable bonds is 4. The Hall–Kier alpha value is -3.67. The molecule has 0 saturated carbocycles. The van der Waals surface area contributed by atoms with Crippen LogP contribution in [0.15, 0.2) is 71.1 Å². The largest absolute Gasteiger partial charge is 0.507 e. The molecule has 1 saturated heterocycles. The minimum Gasteiger partial charge on any atom is -0.507 e. The first kappa shape index (κ1) is 18.7. The average Bonchev–Trinajstić information content (AvgIpc) is 3.32. The van der Waals surface area contributed by atoms with Gasteiger partial charge in [-0.15, -0.1) is 0 Å². The van der Waals surface area contributed by atoms with E-state index in [1.54, 1.807) is 36.7 Å². The van der Waals surface area contributed by atoms with E-state index in [9.17, 15) is 14.7 Å². The summed E-state index contributed by atoms with van der Waals surface area (Å²) in [6, 6.07) is 11.8. The lowest BCUT2D eigenvalue weighted by Gasteiger charge is -2.24. The monoisotopic (exact) mass is 388 g/mol. The third kappa shape index (κ3) is 3.33. The average molecular weight is 388 g/mol. The van der Waals surface area contributed by atoms with Crippen molar-refractivity contribution in [1.29, 1.82) is 0 Å². The predicted molar refractivity (Wildman–Crippen MR) is 107 cm³/mol. The second-order valence-electron chi connectivity index (χ2n) is 7.11. The lowest BCUT2D eigenvalue weighted by Crippen LogP contribution is -2.29. The summed E-state index contributed by atoms with van der Waals surface area (Å²) in [4.78, 5) is 31.3. The molecule has 0 bridgehead atoms. The molecule has 3 heterocycles. The van der Waals surface area contributed by atoms with Crippen molar-refractivity contribution in [3.05, 3.63) is 94.7 Å². The molecule has 1 aliphatic heterocycles. The van der Waals surface area contributed by atoms with Crippen LogP contribution in [-0.2, 0) is 16.1 Å². The highest BCUT2D eigenvalue weighted by Gasteiger charge is 2.46. The molecule has 6 heteroatoms. The van der Waals surface area contributed by atoms with Crippen molar-refractivity contribution >= 4 is 17.4 Å². The number of ketones is 1. The fraction of sp³-hybridized carbons (Fsp3) is 0.174. The number of aliphatic hydroxyl groups excluding tert-OH is 1. The fourth-order valence-corrected chi connectivity index (χ4v) is 3.64. The van der Waals surface area contributed by atoms with Gasteiger partial charge in [0.15, 0.2) is 0 Å². The smallest absolute Gasteiger partial charge is 0.296 e. The maximum Gasteiger partial charge on any atom is 0.296 e. The van der Waals surface area contributed by atoms with Gasteiger partial charge >= 0.3 is 0 Å². The number of amides is 1. The first-order chi connectivity index (χ1) is 14.0. The quantitative estimate of drug-likeness (QED) is 0.416. The SMILES string of the molecule is Cc1ccc(C)c(/C(O)=C2\C(=O)C(=O)N(Cc3ccco3)C2c2ccncc2)c1. The summed E-state index contributed by atoms with van der Waals surface area (Å²) in [5.74, 6) is -1.00. The minimum absolute atomic E-state index is 0.0708. The number of benzene rings is 1. The molecule has 29 heavy (non-hydrogen) atoms. The zero-order valence-corrected chi connectivity index (χ0v) is 16.1. The molecule has 146 valence electrons. The maximum atomic E-state index is 13.0. The van der Waals surface area contributed by atoms with E-state index >= 15 is 0 Å². The van der Waals surface area contributed by atoms with Gasteiger partial charge < -0.3 is 14.4 Å². The van der Waals surface area contributed by atoms with Crippen LogP contribution < -0.4 is 0 Å². The van der Waals surface area contributed by atoms with E-state index in [1.165, 1.54) is 11.2 Å². The van der Waals surface area contributed by atoms with Crippen molar-refractivity contribution < 1.29 is 19.1 Å². The van der Waals surface area contributed by atoms with Crippen molar-refractivity contribution in [1.82, 2.24) is 9.88 Å². The van der Waals surface area contributed by atoms with Gasteiger partial charge in [0, 0.05) is 18.0 Å². The van der Waals surface area contributed by atoms with Gasteiger partial charge in [-0.1, -0.05) is 17.7 Å². The van der Waals surface area contributed by atoms with Crippen LogP contribution in [-0.4, -0.2) is 26.7 Å². The Kier molecular flexibility index (Phi) is 4.76. The van der Waals surface area contributed by atoms with Crippen LogP contribution in [0.1, 0.15) is 34.1 Å². The number of carbonyl (C=O) groups is 2. The number of Topliss-reactive ketones (excluding diaryl/α,β-unsaturated/α-hetero) is 1. The van der Waals surface area contributed by atoms with Crippen LogP contribution in [0.3, 0.4) is 0 Å². The molecule has 6 nitrogen and oxygen atoms in total. The lowest BCUT2D eigenvalue weighted by atomic mass is 9.94. The van der Waals surface area contributed by atoms with E-state index in [0.717, 1.165) is 11.1 Å². The third-order valence-electron chi connectivity index (χ3n) is 5.12. The first-order valence-corrected chi connectivity index (χ1v) is 9.25. The summed E-state index contributed by atoms with van der Waals surface area (Å²) in [6.07, 6.45) is 4.71. The molecule has 1 fully saturated rings. The minimum atomic E-state index is -0.733.